The highest BCUT2D eigenvalue weighted by Gasteiger charge is 2.36. The van der Waals surface area contributed by atoms with Crippen molar-refractivity contribution in [2.75, 3.05) is 45.9 Å². The summed E-state index contributed by atoms with van der Waals surface area (Å²) in [5.41, 5.74) is 0. The fourth-order valence-corrected chi connectivity index (χ4v) is 2.96. The van der Waals surface area contributed by atoms with Crippen LogP contribution in [0.2, 0.25) is 0 Å². The number of fused-ring (bicyclic) bond motifs is 1. The summed E-state index contributed by atoms with van der Waals surface area (Å²) < 4.78 is 5.44. The summed E-state index contributed by atoms with van der Waals surface area (Å²) in [6.07, 6.45) is 1.16. The van der Waals surface area contributed by atoms with Crippen molar-refractivity contribution in [1.29, 1.82) is 0 Å². The number of ether oxygens (including phenoxy) is 1. The van der Waals surface area contributed by atoms with Gasteiger partial charge >= 0.3 is 0 Å². The molecule has 2 atom stereocenters. The Morgan fingerprint density at radius 3 is 2.68 bits per heavy atom. The van der Waals surface area contributed by atoms with E-state index in [0.717, 1.165) is 51.0 Å². The van der Waals surface area contributed by atoms with Crippen LogP contribution >= 0.6 is 0 Å². The van der Waals surface area contributed by atoms with Crippen molar-refractivity contribution in [3.05, 3.63) is 0 Å². The molecule has 2 N–H and O–H groups in total. The van der Waals surface area contributed by atoms with Crippen molar-refractivity contribution in [3.8, 4) is 0 Å². The van der Waals surface area contributed by atoms with Crippen LogP contribution in [0.5, 0.6) is 0 Å². The minimum absolute atomic E-state index is 0.150. The first-order valence-electron chi connectivity index (χ1n) is 7.46. The molecule has 0 unspecified atom stereocenters. The smallest absolute Gasteiger partial charge is 0.234 e. The summed E-state index contributed by atoms with van der Waals surface area (Å²) in [4.78, 5) is 14.1. The van der Waals surface area contributed by atoms with Gasteiger partial charge in [-0.2, -0.15) is 0 Å². The Hall–Kier alpha value is -0.650. The Morgan fingerprint density at radius 1 is 1.37 bits per heavy atom. The van der Waals surface area contributed by atoms with E-state index in [1.807, 2.05) is 13.8 Å². The number of carbonyl (C=O) groups excluding carboxylic acids is 1. The van der Waals surface area contributed by atoms with Gasteiger partial charge < -0.3 is 15.4 Å². The van der Waals surface area contributed by atoms with E-state index in [-0.39, 0.29) is 12.0 Å². The predicted molar refractivity (Wildman–Crippen MR) is 75.0 cm³/mol. The molecule has 2 rings (SSSR count). The molecule has 2 saturated heterocycles. The maximum atomic E-state index is 11.8. The molecule has 2 aliphatic rings. The fraction of sp³-hybridized carbons (Fsp3) is 0.929. The quantitative estimate of drug-likeness (QED) is 0.642. The summed E-state index contributed by atoms with van der Waals surface area (Å²) in [5.74, 6) is 1.66. The summed E-state index contributed by atoms with van der Waals surface area (Å²) in [6.45, 7) is 10.4. The van der Waals surface area contributed by atoms with Crippen molar-refractivity contribution < 1.29 is 9.53 Å². The van der Waals surface area contributed by atoms with Gasteiger partial charge in [-0.3, -0.25) is 9.69 Å². The fourth-order valence-electron chi connectivity index (χ4n) is 2.96. The molecule has 2 heterocycles. The zero-order chi connectivity index (χ0) is 13.7. The molecule has 5 nitrogen and oxygen atoms in total. The van der Waals surface area contributed by atoms with Crippen molar-refractivity contribution in [3.63, 3.8) is 0 Å². The molecule has 19 heavy (non-hydrogen) atoms. The van der Waals surface area contributed by atoms with E-state index >= 15 is 0 Å². The topological polar surface area (TPSA) is 53.6 Å². The van der Waals surface area contributed by atoms with Crippen LogP contribution in [-0.2, 0) is 9.53 Å². The number of carbonyl (C=O) groups is 1. The molecular formula is C14H27N3O2. The number of likely N-dealkylation sites (tertiary alicyclic amines) is 1. The molecule has 0 radical (unpaired) electrons. The van der Waals surface area contributed by atoms with Gasteiger partial charge in [0.1, 0.15) is 0 Å². The van der Waals surface area contributed by atoms with Gasteiger partial charge in [0.2, 0.25) is 5.91 Å². The van der Waals surface area contributed by atoms with Gasteiger partial charge in [-0.05, 0) is 45.2 Å². The van der Waals surface area contributed by atoms with Gasteiger partial charge in [-0.15, -0.1) is 0 Å². The summed E-state index contributed by atoms with van der Waals surface area (Å²) >= 11 is 0. The Morgan fingerprint density at radius 2 is 2.05 bits per heavy atom. The van der Waals surface area contributed by atoms with E-state index in [4.69, 9.17) is 4.74 Å². The lowest BCUT2D eigenvalue weighted by Crippen LogP contribution is -2.38. The molecule has 2 aliphatic heterocycles. The van der Waals surface area contributed by atoms with Crippen LogP contribution in [0.1, 0.15) is 20.3 Å². The Bertz CT molecular complexity index is 284. The Kier molecular flexibility index (Phi) is 5.60. The minimum atomic E-state index is 0.150. The van der Waals surface area contributed by atoms with Crippen LogP contribution in [0.3, 0.4) is 0 Å². The maximum Gasteiger partial charge on any atom is 0.234 e. The SMILES string of the molecule is CC(C)OCCCNC(=O)CN1C[C@H]2CNC[C@H]2C1. The van der Waals surface area contributed by atoms with Crippen molar-refractivity contribution >= 4 is 5.91 Å². The molecule has 2 fully saturated rings. The van der Waals surface area contributed by atoms with E-state index in [1.165, 1.54) is 0 Å². The molecule has 0 spiro atoms. The van der Waals surface area contributed by atoms with Gasteiger partial charge in [0.15, 0.2) is 0 Å². The first-order chi connectivity index (χ1) is 9.15. The third-order valence-electron chi connectivity index (χ3n) is 3.93. The lowest BCUT2D eigenvalue weighted by molar-refractivity contribution is -0.122. The van der Waals surface area contributed by atoms with E-state index in [1.54, 1.807) is 0 Å². The van der Waals surface area contributed by atoms with Crippen LogP contribution < -0.4 is 10.6 Å². The number of nitrogens with one attached hydrogen (secondary N) is 2. The lowest BCUT2D eigenvalue weighted by atomic mass is 10.0. The van der Waals surface area contributed by atoms with E-state index < -0.39 is 0 Å². The van der Waals surface area contributed by atoms with Gasteiger partial charge in [-0.1, -0.05) is 0 Å². The number of rotatable bonds is 7. The van der Waals surface area contributed by atoms with Crippen molar-refractivity contribution in [2.24, 2.45) is 11.8 Å². The molecule has 0 aromatic heterocycles. The molecule has 0 saturated carbocycles. The molecule has 110 valence electrons. The van der Waals surface area contributed by atoms with Crippen LogP contribution in [0.15, 0.2) is 0 Å². The van der Waals surface area contributed by atoms with E-state index in [9.17, 15) is 4.79 Å². The first kappa shape index (κ1) is 14.8. The van der Waals surface area contributed by atoms with Gasteiger partial charge in [-0.25, -0.2) is 0 Å². The highest BCUT2D eigenvalue weighted by Crippen LogP contribution is 2.25. The lowest BCUT2D eigenvalue weighted by Gasteiger charge is -2.16. The zero-order valence-corrected chi connectivity index (χ0v) is 12.2. The second-order valence-electron chi connectivity index (χ2n) is 6.00. The third kappa shape index (κ3) is 4.75. The number of nitrogens with zero attached hydrogens (tertiary/aromatic N) is 1. The van der Waals surface area contributed by atoms with Gasteiger partial charge in [0, 0.05) is 26.2 Å². The normalized spacial score (nSPS) is 26.9. The average molecular weight is 269 g/mol. The second kappa shape index (κ2) is 7.22. The summed E-state index contributed by atoms with van der Waals surface area (Å²) in [7, 11) is 0. The van der Waals surface area contributed by atoms with E-state index in [0.29, 0.717) is 13.1 Å². The van der Waals surface area contributed by atoms with Crippen LogP contribution in [0.25, 0.3) is 0 Å². The molecule has 0 aliphatic carbocycles. The summed E-state index contributed by atoms with van der Waals surface area (Å²) in [5, 5.41) is 6.39. The monoisotopic (exact) mass is 269 g/mol. The number of hydrogen-bond donors (Lipinski definition) is 2. The Labute approximate surface area is 116 Å². The molecule has 0 bridgehead atoms. The minimum Gasteiger partial charge on any atom is -0.379 e. The maximum absolute atomic E-state index is 11.8. The van der Waals surface area contributed by atoms with Crippen molar-refractivity contribution in [1.82, 2.24) is 15.5 Å². The van der Waals surface area contributed by atoms with Crippen LogP contribution in [0, 0.1) is 11.8 Å². The third-order valence-corrected chi connectivity index (χ3v) is 3.93. The van der Waals surface area contributed by atoms with Crippen LogP contribution in [-0.4, -0.2) is 62.8 Å². The average Bonchev–Trinajstić information content (AvgIpc) is 2.88. The molecule has 1 amide bonds. The molecule has 0 aromatic rings. The summed E-state index contributed by atoms with van der Waals surface area (Å²) in [6, 6.07) is 0. The molecular weight excluding hydrogens is 242 g/mol. The number of amides is 1. The predicted octanol–water partition coefficient (Wildman–Crippen LogP) is 0.0689. The zero-order valence-electron chi connectivity index (χ0n) is 12.2. The highest BCUT2D eigenvalue weighted by molar-refractivity contribution is 5.78. The van der Waals surface area contributed by atoms with E-state index in [2.05, 4.69) is 15.5 Å². The largest absolute Gasteiger partial charge is 0.379 e. The standard InChI is InChI=1S/C14H27N3O2/c1-11(2)19-5-3-4-16-14(18)10-17-8-12-6-15-7-13(12)9-17/h11-13,15H,3-10H2,1-2H3,(H,16,18)/t12-,13+. The second-order valence-corrected chi connectivity index (χ2v) is 6.00. The van der Waals surface area contributed by atoms with Gasteiger partial charge in [0.05, 0.1) is 12.6 Å². The Balaban J connectivity index is 1.53. The van der Waals surface area contributed by atoms with Crippen LogP contribution in [0.4, 0.5) is 0 Å². The molecule has 0 aromatic carbocycles. The highest BCUT2D eigenvalue weighted by atomic mass is 16.5. The number of hydrogen-bond acceptors (Lipinski definition) is 4. The van der Waals surface area contributed by atoms with Crippen molar-refractivity contribution in [2.45, 2.75) is 26.4 Å². The molecule has 5 heteroatoms. The first-order valence-corrected chi connectivity index (χ1v) is 7.46. The van der Waals surface area contributed by atoms with Gasteiger partial charge in [0.25, 0.3) is 0 Å².